The lowest BCUT2D eigenvalue weighted by Gasteiger charge is -2.31. The second kappa shape index (κ2) is 6.22. The molecule has 0 bridgehead atoms. The van der Waals surface area contributed by atoms with Crippen molar-refractivity contribution in [3.05, 3.63) is 11.8 Å². The van der Waals surface area contributed by atoms with E-state index in [1.807, 2.05) is 6.92 Å². The Morgan fingerprint density at radius 2 is 2.05 bits per heavy atom. The lowest BCUT2D eigenvalue weighted by molar-refractivity contribution is 0.436. The highest BCUT2D eigenvalue weighted by Crippen LogP contribution is 2.22. The van der Waals surface area contributed by atoms with Gasteiger partial charge < -0.3 is 10.2 Å². The van der Waals surface area contributed by atoms with Crippen LogP contribution in [0.2, 0.25) is 0 Å². The molecule has 1 aromatic rings. The van der Waals surface area contributed by atoms with Gasteiger partial charge in [0.15, 0.2) is 0 Å². The van der Waals surface area contributed by atoms with Crippen LogP contribution in [-0.2, 0) is 0 Å². The average Bonchev–Trinajstić information content (AvgIpc) is 2.38. The molecular weight excluding hydrogens is 236 g/mol. The molecule has 1 atom stereocenters. The van der Waals surface area contributed by atoms with Crippen molar-refractivity contribution in [1.29, 1.82) is 0 Å². The first kappa shape index (κ1) is 14.1. The quantitative estimate of drug-likeness (QED) is 0.904. The van der Waals surface area contributed by atoms with Crippen LogP contribution >= 0.6 is 0 Å². The number of nitrogens with one attached hydrogen (secondary N) is 1. The molecule has 0 radical (unpaired) electrons. The fourth-order valence-corrected chi connectivity index (χ4v) is 2.34. The van der Waals surface area contributed by atoms with Crippen LogP contribution < -0.4 is 10.2 Å². The first-order valence-electron chi connectivity index (χ1n) is 7.45. The molecule has 0 saturated carbocycles. The van der Waals surface area contributed by atoms with Gasteiger partial charge in [-0.15, -0.1) is 0 Å². The second-order valence-electron chi connectivity index (χ2n) is 5.81. The molecule has 1 aliphatic heterocycles. The molecule has 2 heterocycles. The zero-order valence-electron chi connectivity index (χ0n) is 12.6. The van der Waals surface area contributed by atoms with Crippen molar-refractivity contribution in [1.82, 2.24) is 9.97 Å². The molecule has 2 rings (SSSR count). The Kier molecular flexibility index (Phi) is 4.61. The third kappa shape index (κ3) is 3.82. The molecule has 4 nitrogen and oxygen atoms in total. The highest BCUT2D eigenvalue weighted by Gasteiger charge is 2.18. The Hall–Kier alpha value is -1.32. The van der Waals surface area contributed by atoms with E-state index in [0.29, 0.717) is 6.04 Å². The van der Waals surface area contributed by atoms with Crippen LogP contribution in [0.1, 0.15) is 45.7 Å². The van der Waals surface area contributed by atoms with Crippen LogP contribution in [0.4, 0.5) is 11.8 Å². The lowest BCUT2D eigenvalue weighted by atomic mass is 9.99. The van der Waals surface area contributed by atoms with E-state index in [-0.39, 0.29) is 0 Å². The Balaban J connectivity index is 2.12. The maximum absolute atomic E-state index is 4.67. The van der Waals surface area contributed by atoms with E-state index in [4.69, 9.17) is 0 Å². The monoisotopic (exact) mass is 262 g/mol. The zero-order valence-corrected chi connectivity index (χ0v) is 12.6. The summed E-state index contributed by atoms with van der Waals surface area (Å²) in [6.07, 6.45) is 3.60. The fourth-order valence-electron chi connectivity index (χ4n) is 2.34. The summed E-state index contributed by atoms with van der Waals surface area (Å²) in [5, 5.41) is 3.37. The number of aryl methyl sites for hydroxylation is 1. The normalized spacial score (nSPS) is 18.4. The van der Waals surface area contributed by atoms with Gasteiger partial charge in [0.2, 0.25) is 5.95 Å². The average molecular weight is 262 g/mol. The highest BCUT2D eigenvalue weighted by atomic mass is 15.2. The van der Waals surface area contributed by atoms with Crippen molar-refractivity contribution in [2.45, 2.75) is 53.0 Å². The van der Waals surface area contributed by atoms with Crippen molar-refractivity contribution in [2.75, 3.05) is 23.3 Å². The van der Waals surface area contributed by atoms with Crippen LogP contribution in [-0.4, -0.2) is 29.1 Å². The van der Waals surface area contributed by atoms with E-state index in [2.05, 4.69) is 47.0 Å². The van der Waals surface area contributed by atoms with E-state index < -0.39 is 0 Å². The van der Waals surface area contributed by atoms with Crippen LogP contribution in [0, 0.1) is 12.8 Å². The van der Waals surface area contributed by atoms with Crippen molar-refractivity contribution in [2.24, 2.45) is 5.92 Å². The first-order chi connectivity index (χ1) is 9.08. The van der Waals surface area contributed by atoms with E-state index in [9.17, 15) is 0 Å². The smallest absolute Gasteiger partial charge is 0.225 e. The molecule has 1 N–H and O–H groups in total. The van der Waals surface area contributed by atoms with Gasteiger partial charge in [-0.05, 0) is 39.0 Å². The molecule has 0 aliphatic carbocycles. The summed E-state index contributed by atoms with van der Waals surface area (Å²) in [5.74, 6) is 2.69. The molecule has 19 heavy (non-hydrogen) atoms. The molecule has 4 heteroatoms. The third-order valence-electron chi connectivity index (χ3n) is 3.94. The molecule has 1 saturated heterocycles. The van der Waals surface area contributed by atoms with Crippen LogP contribution in [0.5, 0.6) is 0 Å². The molecule has 1 unspecified atom stereocenters. The van der Waals surface area contributed by atoms with Gasteiger partial charge in [-0.1, -0.05) is 13.8 Å². The second-order valence-corrected chi connectivity index (χ2v) is 5.81. The van der Waals surface area contributed by atoms with Gasteiger partial charge in [0, 0.05) is 30.9 Å². The number of nitrogens with zero attached hydrogens (tertiary/aromatic N) is 3. The molecule has 0 spiro atoms. The molecule has 1 aliphatic rings. The highest BCUT2D eigenvalue weighted by molar-refractivity contribution is 5.45. The number of aromatic nitrogens is 2. The first-order valence-corrected chi connectivity index (χ1v) is 7.45. The van der Waals surface area contributed by atoms with Gasteiger partial charge in [0.1, 0.15) is 5.82 Å². The Morgan fingerprint density at radius 3 is 2.68 bits per heavy atom. The number of hydrogen-bond donors (Lipinski definition) is 1. The van der Waals surface area contributed by atoms with Crippen LogP contribution in [0.25, 0.3) is 0 Å². The fraction of sp³-hybridized carbons (Fsp3) is 0.733. The van der Waals surface area contributed by atoms with E-state index >= 15 is 0 Å². The minimum absolute atomic E-state index is 0.413. The maximum atomic E-state index is 4.67. The minimum atomic E-state index is 0.413. The minimum Gasteiger partial charge on any atom is -0.356 e. The summed E-state index contributed by atoms with van der Waals surface area (Å²) in [6.45, 7) is 10.9. The van der Waals surface area contributed by atoms with E-state index in [1.165, 1.54) is 12.8 Å². The largest absolute Gasteiger partial charge is 0.356 e. The molecule has 1 aromatic heterocycles. The Bertz CT molecular complexity index is 411. The Morgan fingerprint density at radius 1 is 1.37 bits per heavy atom. The SMILES string of the molecule is CCC(C)Nc1nc(C)cc(N2CCC(C)CC2)n1. The van der Waals surface area contributed by atoms with Gasteiger partial charge in [-0.3, -0.25) is 0 Å². The topological polar surface area (TPSA) is 41.1 Å². The van der Waals surface area contributed by atoms with Crippen LogP contribution in [0.15, 0.2) is 6.07 Å². The standard InChI is InChI=1S/C15H26N4/c1-5-12(3)16-15-17-13(4)10-14(18-15)19-8-6-11(2)7-9-19/h10-12H,5-9H2,1-4H3,(H,16,17,18). The molecule has 1 fully saturated rings. The van der Waals surface area contributed by atoms with Gasteiger partial charge in [-0.25, -0.2) is 4.98 Å². The van der Waals surface area contributed by atoms with Crippen LogP contribution in [0.3, 0.4) is 0 Å². The number of anilines is 2. The summed E-state index contributed by atoms with van der Waals surface area (Å²) < 4.78 is 0. The predicted molar refractivity (Wildman–Crippen MR) is 80.8 cm³/mol. The summed E-state index contributed by atoms with van der Waals surface area (Å²) in [4.78, 5) is 11.5. The predicted octanol–water partition coefficient (Wildman–Crippen LogP) is 3.23. The van der Waals surface area contributed by atoms with Crippen molar-refractivity contribution in [3.63, 3.8) is 0 Å². The molecule has 0 aromatic carbocycles. The third-order valence-corrected chi connectivity index (χ3v) is 3.94. The molecule has 0 amide bonds. The van der Waals surface area contributed by atoms with Crippen molar-refractivity contribution in [3.8, 4) is 0 Å². The maximum Gasteiger partial charge on any atom is 0.225 e. The number of hydrogen-bond acceptors (Lipinski definition) is 4. The zero-order chi connectivity index (χ0) is 13.8. The van der Waals surface area contributed by atoms with Gasteiger partial charge >= 0.3 is 0 Å². The summed E-state index contributed by atoms with van der Waals surface area (Å²) in [6, 6.07) is 2.51. The van der Waals surface area contributed by atoms with E-state index in [1.54, 1.807) is 0 Å². The lowest BCUT2D eigenvalue weighted by Crippen LogP contribution is -2.33. The Labute approximate surface area is 116 Å². The molecule has 106 valence electrons. The summed E-state index contributed by atoms with van der Waals surface area (Å²) in [7, 11) is 0. The summed E-state index contributed by atoms with van der Waals surface area (Å²) >= 11 is 0. The number of rotatable bonds is 4. The van der Waals surface area contributed by atoms with Gasteiger partial charge in [0.05, 0.1) is 0 Å². The number of piperidine rings is 1. The van der Waals surface area contributed by atoms with Gasteiger partial charge in [0.25, 0.3) is 0 Å². The summed E-state index contributed by atoms with van der Waals surface area (Å²) in [5.41, 5.74) is 1.04. The van der Waals surface area contributed by atoms with E-state index in [0.717, 1.165) is 42.9 Å². The molecular formula is C15H26N4. The van der Waals surface area contributed by atoms with Crippen molar-refractivity contribution < 1.29 is 0 Å². The van der Waals surface area contributed by atoms with Crippen molar-refractivity contribution >= 4 is 11.8 Å². The van der Waals surface area contributed by atoms with Gasteiger partial charge in [-0.2, -0.15) is 4.98 Å².